The average molecular weight is 426 g/mol. The molecule has 23 heavy (non-hydrogen) atoms. The third-order valence-electron chi connectivity index (χ3n) is 5.16. The molecule has 1 aromatic heterocycles. The molecule has 5 rings (SSSR count). The van der Waals surface area contributed by atoms with Crippen molar-refractivity contribution in [2.45, 2.75) is 19.3 Å². The van der Waals surface area contributed by atoms with Gasteiger partial charge in [0, 0.05) is 34.7 Å². The molecule has 0 saturated carbocycles. The van der Waals surface area contributed by atoms with Gasteiger partial charge in [0.25, 0.3) is 0 Å². The highest BCUT2D eigenvalue weighted by Gasteiger charge is 2.36. The van der Waals surface area contributed by atoms with Gasteiger partial charge in [-0.25, -0.2) is 0 Å². The van der Waals surface area contributed by atoms with Crippen LogP contribution in [0.5, 0.6) is 0 Å². The molecule has 0 spiro atoms. The first kappa shape index (κ1) is 14.0. The lowest BCUT2D eigenvalue weighted by Crippen LogP contribution is -2.14. The quantitative estimate of drug-likeness (QED) is 0.267. The highest BCUT2D eigenvalue weighted by atomic mass is 127. The van der Waals surface area contributed by atoms with Gasteiger partial charge >= 0.3 is 0 Å². The number of rotatable bonds is 0. The summed E-state index contributed by atoms with van der Waals surface area (Å²) in [7, 11) is 0. The monoisotopic (exact) mass is 426 g/mol. The van der Waals surface area contributed by atoms with Crippen LogP contribution < -0.4 is 0 Å². The van der Waals surface area contributed by atoms with Gasteiger partial charge in [-0.05, 0) is 45.3 Å². The second-order valence-electron chi connectivity index (χ2n) is 6.75. The van der Waals surface area contributed by atoms with E-state index in [1.54, 1.807) is 0 Å². The van der Waals surface area contributed by atoms with Gasteiger partial charge in [0.2, 0.25) is 0 Å². The predicted molar refractivity (Wildman–Crippen MR) is 110 cm³/mol. The highest BCUT2D eigenvalue weighted by Crippen LogP contribution is 2.53. The highest BCUT2D eigenvalue weighted by molar-refractivity contribution is 14.1. The van der Waals surface area contributed by atoms with Crippen molar-refractivity contribution in [3.8, 4) is 11.1 Å². The van der Waals surface area contributed by atoms with Crippen molar-refractivity contribution in [2.75, 3.05) is 0 Å². The number of halogens is 1. The van der Waals surface area contributed by atoms with Gasteiger partial charge in [-0.1, -0.05) is 62.4 Å². The van der Waals surface area contributed by atoms with Gasteiger partial charge in [-0.2, -0.15) is 0 Å². The largest absolute Gasteiger partial charge is 0.133 e. The van der Waals surface area contributed by atoms with Crippen molar-refractivity contribution >= 4 is 54.1 Å². The minimum Gasteiger partial charge on any atom is -0.133 e. The Labute approximate surface area is 153 Å². The smallest absolute Gasteiger partial charge is 0.0489 e. The van der Waals surface area contributed by atoms with E-state index in [0.717, 1.165) is 0 Å². The summed E-state index contributed by atoms with van der Waals surface area (Å²) in [6.45, 7) is 4.70. The Morgan fingerprint density at radius 3 is 2.43 bits per heavy atom. The van der Waals surface area contributed by atoms with Crippen LogP contribution in [0, 0.1) is 3.57 Å². The molecule has 0 bridgehead atoms. The van der Waals surface area contributed by atoms with Gasteiger partial charge in [-0.3, -0.25) is 0 Å². The molecule has 1 aliphatic carbocycles. The fourth-order valence-corrected chi connectivity index (χ4v) is 6.10. The maximum atomic E-state index is 2.46. The SMILES string of the molecule is CC1(C)c2ccccc2-c2c1ccc1c2sc2c(I)cccc21. The van der Waals surface area contributed by atoms with Crippen LogP contribution in [0.3, 0.4) is 0 Å². The zero-order valence-corrected chi connectivity index (χ0v) is 16.0. The van der Waals surface area contributed by atoms with E-state index >= 15 is 0 Å². The van der Waals surface area contributed by atoms with E-state index in [1.165, 1.54) is 46.0 Å². The molecule has 0 nitrogen and oxygen atoms in total. The van der Waals surface area contributed by atoms with Gasteiger partial charge in [0.05, 0.1) is 0 Å². The summed E-state index contributed by atoms with van der Waals surface area (Å²) < 4.78 is 4.21. The minimum absolute atomic E-state index is 0.0868. The molecule has 0 unspecified atom stereocenters. The van der Waals surface area contributed by atoms with E-state index in [9.17, 15) is 0 Å². The summed E-state index contributed by atoms with van der Waals surface area (Å²) in [5.74, 6) is 0. The van der Waals surface area contributed by atoms with E-state index in [0.29, 0.717) is 0 Å². The molecule has 0 atom stereocenters. The number of hydrogen-bond acceptors (Lipinski definition) is 1. The number of benzene rings is 3. The van der Waals surface area contributed by atoms with Crippen molar-refractivity contribution in [3.05, 3.63) is 69.3 Å². The number of hydrogen-bond donors (Lipinski definition) is 0. The third kappa shape index (κ3) is 1.71. The van der Waals surface area contributed by atoms with E-state index in [4.69, 9.17) is 0 Å². The normalized spacial score (nSPS) is 15.1. The third-order valence-corrected chi connectivity index (χ3v) is 7.70. The Balaban J connectivity index is 2.02. The van der Waals surface area contributed by atoms with Crippen LogP contribution in [-0.2, 0) is 5.41 Å². The Hall–Kier alpha value is -1.39. The minimum atomic E-state index is 0.0868. The molecular weight excluding hydrogens is 411 g/mol. The van der Waals surface area contributed by atoms with E-state index in [-0.39, 0.29) is 5.41 Å². The molecule has 3 aromatic carbocycles. The van der Waals surface area contributed by atoms with Crippen LogP contribution >= 0.6 is 33.9 Å². The Bertz CT molecular complexity index is 1100. The maximum Gasteiger partial charge on any atom is 0.0489 e. The van der Waals surface area contributed by atoms with Crippen molar-refractivity contribution in [1.29, 1.82) is 0 Å². The number of fused-ring (bicyclic) bond motifs is 7. The van der Waals surface area contributed by atoms with E-state index < -0.39 is 0 Å². The molecule has 0 saturated heterocycles. The molecule has 112 valence electrons. The zero-order chi connectivity index (χ0) is 15.8. The topological polar surface area (TPSA) is 0 Å². The Kier molecular flexibility index (Phi) is 2.79. The summed E-state index contributed by atoms with van der Waals surface area (Å²) in [6, 6.07) is 20.2. The van der Waals surface area contributed by atoms with Gasteiger partial charge < -0.3 is 0 Å². The molecule has 0 aliphatic heterocycles. The summed E-state index contributed by atoms with van der Waals surface area (Å²) in [6.07, 6.45) is 0. The molecule has 1 aliphatic rings. The fourth-order valence-electron chi connectivity index (χ4n) is 4.01. The van der Waals surface area contributed by atoms with Crippen LogP contribution in [0.4, 0.5) is 0 Å². The van der Waals surface area contributed by atoms with Crippen molar-refractivity contribution in [2.24, 2.45) is 0 Å². The summed E-state index contributed by atoms with van der Waals surface area (Å²) >= 11 is 4.41. The molecule has 1 heterocycles. The molecule has 0 fully saturated rings. The summed E-state index contributed by atoms with van der Waals surface area (Å²) in [5, 5.41) is 2.79. The molecule has 0 radical (unpaired) electrons. The lowest BCUT2D eigenvalue weighted by molar-refractivity contribution is 0.661. The van der Waals surface area contributed by atoms with Crippen LogP contribution in [0.25, 0.3) is 31.3 Å². The van der Waals surface area contributed by atoms with Gasteiger partial charge in [0.15, 0.2) is 0 Å². The average Bonchev–Trinajstić information content (AvgIpc) is 3.04. The molecule has 4 aromatic rings. The molecule has 0 amide bonds. The van der Waals surface area contributed by atoms with Gasteiger partial charge in [0.1, 0.15) is 0 Å². The van der Waals surface area contributed by atoms with Crippen LogP contribution in [0.2, 0.25) is 0 Å². The van der Waals surface area contributed by atoms with E-state index in [2.05, 4.69) is 91.0 Å². The first-order valence-electron chi connectivity index (χ1n) is 7.83. The zero-order valence-electron chi connectivity index (χ0n) is 13.0. The summed E-state index contributed by atoms with van der Waals surface area (Å²) in [5.41, 5.74) is 5.88. The first-order valence-corrected chi connectivity index (χ1v) is 9.72. The fraction of sp³-hybridized carbons (Fsp3) is 0.143. The molecular formula is C21H15IS. The van der Waals surface area contributed by atoms with Crippen molar-refractivity contribution < 1.29 is 0 Å². The lowest BCUT2D eigenvalue weighted by Gasteiger charge is -2.21. The number of thiophene rings is 1. The van der Waals surface area contributed by atoms with Crippen LogP contribution in [0.15, 0.2) is 54.6 Å². The van der Waals surface area contributed by atoms with Gasteiger partial charge in [-0.15, -0.1) is 11.3 Å². The first-order chi connectivity index (χ1) is 11.1. The second-order valence-corrected chi connectivity index (χ2v) is 8.94. The Morgan fingerprint density at radius 1 is 0.783 bits per heavy atom. The van der Waals surface area contributed by atoms with Crippen LogP contribution in [-0.4, -0.2) is 0 Å². The summed E-state index contributed by atoms with van der Waals surface area (Å²) in [4.78, 5) is 0. The standard InChI is InChI=1S/C21H15IS/c1-21(2)15-8-4-3-6-14(15)18-16(21)11-10-13-12-7-5-9-17(22)19(12)23-20(13)18/h3-11H,1-2H3. The molecule has 0 N–H and O–H groups in total. The Morgan fingerprint density at radius 2 is 1.57 bits per heavy atom. The van der Waals surface area contributed by atoms with E-state index in [1.807, 2.05) is 11.3 Å². The van der Waals surface area contributed by atoms with Crippen LogP contribution in [0.1, 0.15) is 25.0 Å². The predicted octanol–water partition coefficient (Wildman–Crippen LogP) is 6.97. The molecule has 2 heteroatoms. The van der Waals surface area contributed by atoms with Crippen molar-refractivity contribution in [3.63, 3.8) is 0 Å². The second kappa shape index (κ2) is 4.58. The maximum absolute atomic E-state index is 2.46. The van der Waals surface area contributed by atoms with Crippen molar-refractivity contribution in [1.82, 2.24) is 0 Å². The lowest BCUT2D eigenvalue weighted by atomic mass is 9.82.